The van der Waals surface area contributed by atoms with Gasteiger partial charge in [-0.15, -0.1) is 0 Å². The van der Waals surface area contributed by atoms with Crippen LogP contribution in [0.3, 0.4) is 0 Å². The van der Waals surface area contributed by atoms with Gasteiger partial charge in [0, 0.05) is 0 Å². The highest BCUT2D eigenvalue weighted by molar-refractivity contribution is 6.89. The van der Waals surface area contributed by atoms with Crippen LogP contribution in [0.5, 0.6) is 0 Å². The Morgan fingerprint density at radius 1 is 0.234 bits per heavy atom. The molecule has 3 nitrogen and oxygen atoms in total. The third kappa shape index (κ3) is 43.1. The minimum Gasteiger partial charge on any atom is -0.238 e. The van der Waals surface area contributed by atoms with Gasteiger partial charge in [-0.3, -0.25) is 0 Å². The van der Waals surface area contributed by atoms with E-state index >= 15 is 0 Å². The first-order chi connectivity index (χ1) is 65.4. The second-order valence-electron chi connectivity index (χ2n) is 37.0. The van der Waals surface area contributed by atoms with Gasteiger partial charge in [-0.25, -0.2) is 13.6 Å². The molecule has 0 spiro atoms. The molecule has 0 radical (unpaired) electrons. The Hall–Kier alpha value is -14.5. The molecule has 0 unspecified atom stereocenters. The van der Waals surface area contributed by atoms with Crippen molar-refractivity contribution < 1.29 is 8.78 Å². The van der Waals surface area contributed by atoms with Gasteiger partial charge in [-0.05, 0) is 221 Å². The Bertz CT molecular complexity index is 6660. The van der Waals surface area contributed by atoms with E-state index < -0.39 is 24.2 Å². The van der Waals surface area contributed by atoms with Crippen molar-refractivity contribution in [2.75, 3.05) is 0 Å². The number of nitriles is 2. The molecule has 18 aromatic carbocycles. The fourth-order valence-corrected chi connectivity index (χ4v) is 18.1. The zero-order valence-corrected chi connectivity index (χ0v) is 87.7. The van der Waals surface area contributed by atoms with Crippen molar-refractivity contribution in [1.29, 1.82) is 10.5 Å². The SMILES string of the molecule is Cc1ccc(-c2ccccc2)cc1.Cc1ccc(C#N)cc1.Cc1ccc([Si](C)(C)C)cc1.Cc1ccc2ccccc2c1.Cc1cccc(-c2ccccc2)c1.Cc1cccc(C#N)c1.Cc1cccc(F)c1.Cc1cccc([Si](C)(C)C)c1.Cc1cccc2ccccc12.Cc1ccccc1-c1ccccc1.Cc1ccccc1F.Cc1ccccc1[Si](C)(C)C.[C-]#[N+]c1ccccc1C. The lowest BCUT2D eigenvalue weighted by Gasteiger charge is -2.18. The number of nitrogens with zero attached hydrogens (tertiary/aromatic N) is 3. The number of halogens is 2. The van der Waals surface area contributed by atoms with Crippen LogP contribution in [0, 0.1) is 131 Å². The van der Waals surface area contributed by atoms with Gasteiger partial charge < -0.3 is 0 Å². The maximum absolute atomic E-state index is 12.3. The lowest BCUT2D eigenvalue weighted by Crippen LogP contribution is -2.39. The van der Waals surface area contributed by atoms with Gasteiger partial charge in [0.1, 0.15) is 11.6 Å². The van der Waals surface area contributed by atoms with Crippen LogP contribution in [0.1, 0.15) is 83.5 Å². The minimum absolute atomic E-state index is 0.132. The van der Waals surface area contributed by atoms with E-state index in [1.165, 1.54) is 123 Å². The minimum atomic E-state index is -1.08. The molecule has 696 valence electrons. The molecule has 0 saturated heterocycles. The van der Waals surface area contributed by atoms with Crippen LogP contribution in [0.15, 0.2) is 443 Å². The Balaban J connectivity index is 0.000000228. The summed E-state index contributed by atoms with van der Waals surface area (Å²) in [6.45, 7) is 54.7. The number of rotatable bonds is 6. The van der Waals surface area contributed by atoms with Crippen molar-refractivity contribution >= 4 is 67.0 Å². The van der Waals surface area contributed by atoms with Gasteiger partial charge >= 0.3 is 0 Å². The van der Waals surface area contributed by atoms with Crippen LogP contribution in [-0.4, -0.2) is 24.2 Å². The predicted octanol–water partition coefficient (Wildman–Crippen LogP) is 35.5. The molecule has 0 aliphatic carbocycles. The molecule has 0 atom stereocenters. The van der Waals surface area contributed by atoms with E-state index in [-0.39, 0.29) is 11.6 Å². The number of para-hydroxylation sites is 1. The number of fused-ring (bicyclic) bond motifs is 2. The molecule has 0 amide bonds. The summed E-state index contributed by atoms with van der Waals surface area (Å²) in [4.78, 5) is 3.32. The van der Waals surface area contributed by atoms with E-state index in [1.54, 1.807) is 46.7 Å². The summed E-state index contributed by atoms with van der Waals surface area (Å²) in [5, 5.41) is 26.8. The van der Waals surface area contributed by atoms with Crippen LogP contribution in [0.4, 0.5) is 14.5 Å². The topological polar surface area (TPSA) is 51.9 Å². The fourth-order valence-electron chi connectivity index (χ4n) is 13.8. The Morgan fingerprint density at radius 3 is 1.05 bits per heavy atom. The molecule has 0 N–H and O–H groups in total. The second kappa shape index (κ2) is 59.3. The molecule has 137 heavy (non-hydrogen) atoms. The zero-order chi connectivity index (χ0) is 100. The van der Waals surface area contributed by atoms with Crippen molar-refractivity contribution in [2.24, 2.45) is 0 Å². The second-order valence-corrected chi connectivity index (χ2v) is 52.2. The summed E-state index contributed by atoms with van der Waals surface area (Å²) in [6.07, 6.45) is 0. The Morgan fingerprint density at radius 2 is 0.613 bits per heavy atom. The molecule has 18 aromatic rings. The summed E-state index contributed by atoms with van der Waals surface area (Å²) in [7, 11) is -3.20. The predicted molar refractivity (Wildman–Crippen MR) is 601 cm³/mol. The Kier molecular flexibility index (Phi) is 48.1. The van der Waals surface area contributed by atoms with E-state index in [0.717, 1.165) is 33.5 Å². The number of benzene rings is 18. The molecule has 0 saturated carbocycles. The third-order valence-electron chi connectivity index (χ3n) is 21.8. The summed E-state index contributed by atoms with van der Waals surface area (Å²) in [5.41, 5.74) is 25.8. The molecular formula is C129H139F2N3Si3. The molecule has 0 aromatic heterocycles. The molecule has 8 heteroatoms. The first kappa shape index (κ1) is 111. The first-order valence-corrected chi connectivity index (χ1v) is 57.2. The maximum atomic E-state index is 12.3. The van der Waals surface area contributed by atoms with Crippen molar-refractivity contribution in [2.45, 2.75) is 149 Å². The highest BCUT2D eigenvalue weighted by Gasteiger charge is 2.18. The molecule has 0 aliphatic rings. The van der Waals surface area contributed by atoms with Gasteiger partial charge in [0.2, 0.25) is 0 Å². The van der Waals surface area contributed by atoms with Crippen molar-refractivity contribution in [3.05, 3.63) is 549 Å². The van der Waals surface area contributed by atoms with Crippen LogP contribution in [-0.2, 0) is 0 Å². The van der Waals surface area contributed by atoms with E-state index in [0.29, 0.717) is 5.56 Å². The lowest BCUT2D eigenvalue weighted by atomic mass is 10.0. The smallest absolute Gasteiger partial charge is 0.190 e. The zero-order valence-electron chi connectivity index (χ0n) is 84.7. The molecule has 0 bridgehead atoms. The van der Waals surface area contributed by atoms with Gasteiger partial charge in [0.25, 0.3) is 0 Å². The normalized spacial score (nSPS) is 10.0. The number of hydrogen-bond donors (Lipinski definition) is 0. The summed E-state index contributed by atoms with van der Waals surface area (Å²) >= 11 is 0. The van der Waals surface area contributed by atoms with Crippen LogP contribution < -0.4 is 15.6 Å². The molecule has 0 fully saturated rings. The third-order valence-corrected chi connectivity index (χ3v) is 28.1. The summed E-state index contributed by atoms with van der Waals surface area (Å²) in [5.74, 6) is -0.294. The van der Waals surface area contributed by atoms with Crippen molar-refractivity contribution in [3.63, 3.8) is 0 Å². The molecule has 0 heterocycles. The standard InChI is InChI=1S/3C13H12.2C11H10.3C10H16Si.3C8H7N.2C7H7F/c1-11-7-5-6-10-13(11)12-8-3-2-4-9-12;1-11-6-5-9-13(10-11)12-7-3-2-4-8-12;1-11-7-9-13(10-8-11)12-5-3-2-4-6-12;1-9-5-4-7-10-6-2-3-8-11(9)10;1-9-6-7-10-4-2-3-5-11(10)8-9;1-9-5-7-10(8-6-9)11(2,3)4;1-9-6-5-7-10(8-9)11(2,3)4;1-9-7-5-6-8-10(9)11(2,3)4;1-7-5-3-4-6-8(7)9-2;1-7-2-4-8(6-9)5-3-7;1-7-3-2-4-8(5-7)6-9;1-6-3-2-4-7(8)5-6;1-6-4-2-3-5-7(6)8/h3*2-10H,1H3;2*2-8H,1H3;3*5-8H,1-4H3;3-6H,1H3;2*2-5H,1H3;2*2-5H,1H3. The molecular weight excluding hydrogens is 1710 g/mol. The highest BCUT2D eigenvalue weighted by atomic mass is 28.3. The van der Waals surface area contributed by atoms with E-state index in [9.17, 15) is 8.78 Å². The first-order valence-electron chi connectivity index (χ1n) is 46.7. The largest absolute Gasteiger partial charge is 0.238 e. The van der Waals surface area contributed by atoms with Gasteiger partial charge in [0.15, 0.2) is 5.69 Å². The number of hydrogen-bond acceptors (Lipinski definition) is 2. The monoisotopic (exact) mass is 1850 g/mol. The summed E-state index contributed by atoms with van der Waals surface area (Å²) in [6, 6.07) is 153. The van der Waals surface area contributed by atoms with Gasteiger partial charge in [0.05, 0.1) is 54.1 Å². The maximum Gasteiger partial charge on any atom is 0.190 e. The van der Waals surface area contributed by atoms with E-state index in [4.69, 9.17) is 17.1 Å². The van der Waals surface area contributed by atoms with E-state index in [1.807, 2.05) is 125 Å². The van der Waals surface area contributed by atoms with E-state index in [2.05, 4.69) is 435 Å². The number of aryl methyl sites for hydroxylation is 13. The van der Waals surface area contributed by atoms with Crippen molar-refractivity contribution in [3.8, 4) is 45.5 Å². The van der Waals surface area contributed by atoms with Crippen LogP contribution >= 0.6 is 0 Å². The van der Waals surface area contributed by atoms with Gasteiger partial charge in [-0.2, -0.15) is 10.5 Å². The van der Waals surface area contributed by atoms with Crippen LogP contribution in [0.25, 0.3) is 59.8 Å². The summed E-state index contributed by atoms with van der Waals surface area (Å²) < 4.78 is 24.5. The molecule has 0 aliphatic heterocycles. The highest BCUT2D eigenvalue weighted by Crippen LogP contribution is 2.25. The molecule has 18 rings (SSSR count). The fraction of sp³-hybridized carbons (Fsp3) is 0.171. The lowest BCUT2D eigenvalue weighted by molar-refractivity contribution is 0.618. The average molecular weight is 1850 g/mol. The quantitative estimate of drug-likeness (QED) is 0.123. The Labute approximate surface area is 824 Å². The van der Waals surface area contributed by atoms with Gasteiger partial charge in [-0.1, -0.05) is 514 Å². The average Bonchev–Trinajstić information content (AvgIpc) is 0.782. The van der Waals surface area contributed by atoms with Crippen molar-refractivity contribution in [1.82, 2.24) is 0 Å². The van der Waals surface area contributed by atoms with Crippen LogP contribution in [0.2, 0.25) is 58.9 Å².